The Morgan fingerprint density at radius 1 is 1.50 bits per heavy atom. The fourth-order valence-electron chi connectivity index (χ4n) is 0.992. The summed E-state index contributed by atoms with van der Waals surface area (Å²) >= 11 is 5.86. The summed E-state index contributed by atoms with van der Waals surface area (Å²) in [5, 5.41) is 0. The molecule has 0 aliphatic heterocycles. The zero-order valence-electron chi connectivity index (χ0n) is 8.11. The summed E-state index contributed by atoms with van der Waals surface area (Å²) in [5.41, 5.74) is 0.191. The van der Waals surface area contributed by atoms with E-state index in [4.69, 9.17) is 16.3 Å². The predicted octanol–water partition coefficient (Wildman–Crippen LogP) is 3.07. The molecule has 0 aromatic rings. The van der Waals surface area contributed by atoms with Crippen molar-refractivity contribution in [3.05, 3.63) is 0 Å². The van der Waals surface area contributed by atoms with E-state index in [1.807, 2.05) is 0 Å². The predicted molar refractivity (Wildman–Crippen MR) is 52.7 cm³/mol. The highest BCUT2D eigenvalue weighted by Gasteiger charge is 2.25. The highest BCUT2D eigenvalue weighted by Crippen LogP contribution is 2.30. The fraction of sp³-hybridized carbons (Fsp3) is 1.00. The smallest absolute Gasteiger partial charge is 0.0531 e. The van der Waals surface area contributed by atoms with E-state index >= 15 is 0 Å². The topological polar surface area (TPSA) is 9.23 Å². The Morgan fingerprint density at radius 2 is 2.17 bits per heavy atom. The van der Waals surface area contributed by atoms with Gasteiger partial charge in [0.05, 0.1) is 6.61 Å². The quantitative estimate of drug-likeness (QED) is 0.585. The lowest BCUT2D eigenvalue weighted by Crippen LogP contribution is -2.24. The van der Waals surface area contributed by atoms with E-state index in [-0.39, 0.29) is 5.41 Å². The minimum Gasteiger partial charge on any atom is -0.381 e. The summed E-state index contributed by atoms with van der Waals surface area (Å²) in [4.78, 5) is 0. The summed E-state index contributed by atoms with van der Waals surface area (Å²) < 4.78 is 5.62. The van der Waals surface area contributed by atoms with Crippen LogP contribution in [0.15, 0.2) is 0 Å². The molecule has 0 amide bonds. The molecule has 0 N–H and O–H groups in total. The average Bonchev–Trinajstić information content (AvgIpc) is 2.88. The molecular weight excluding hydrogens is 172 g/mol. The lowest BCUT2D eigenvalue weighted by atomic mass is 9.91. The Labute approximate surface area is 80.4 Å². The molecule has 1 unspecified atom stereocenters. The molecule has 0 aromatic carbocycles. The number of hydrogen-bond donors (Lipinski definition) is 0. The summed E-state index contributed by atoms with van der Waals surface area (Å²) in [7, 11) is 0. The van der Waals surface area contributed by atoms with E-state index in [9.17, 15) is 0 Å². The zero-order valence-corrected chi connectivity index (χ0v) is 8.86. The summed E-state index contributed by atoms with van der Waals surface area (Å²) in [6, 6.07) is 0. The normalized spacial score (nSPS) is 22.2. The van der Waals surface area contributed by atoms with Gasteiger partial charge in [0, 0.05) is 17.9 Å². The van der Waals surface area contributed by atoms with E-state index in [0.29, 0.717) is 5.88 Å². The molecule has 1 fully saturated rings. The number of rotatable bonds is 6. The Hall–Kier alpha value is 0.250. The van der Waals surface area contributed by atoms with Gasteiger partial charge in [-0.2, -0.15) is 0 Å². The van der Waals surface area contributed by atoms with E-state index in [1.165, 1.54) is 12.8 Å². The molecule has 1 aliphatic rings. The molecule has 1 atom stereocenters. The van der Waals surface area contributed by atoms with Crippen molar-refractivity contribution in [1.29, 1.82) is 0 Å². The first-order chi connectivity index (χ1) is 5.70. The number of halogens is 1. The summed E-state index contributed by atoms with van der Waals surface area (Å²) in [5.74, 6) is 1.56. The number of hydrogen-bond acceptors (Lipinski definition) is 1. The van der Waals surface area contributed by atoms with Crippen LogP contribution in [0, 0.1) is 11.3 Å². The molecule has 0 radical (unpaired) electrons. The standard InChI is InChI=1S/C10H19ClO/c1-3-10(2,7-11)8-12-6-9-4-5-9/h9H,3-8H2,1-2H3. The maximum absolute atomic E-state index is 5.86. The first-order valence-corrected chi connectivity index (χ1v) is 5.37. The van der Waals surface area contributed by atoms with Gasteiger partial charge in [-0.1, -0.05) is 13.8 Å². The molecule has 0 spiro atoms. The van der Waals surface area contributed by atoms with Gasteiger partial charge in [0.15, 0.2) is 0 Å². The van der Waals surface area contributed by atoms with Crippen molar-refractivity contribution in [2.24, 2.45) is 11.3 Å². The maximum atomic E-state index is 5.86. The second kappa shape index (κ2) is 4.48. The third kappa shape index (κ3) is 3.32. The molecule has 1 rings (SSSR count). The lowest BCUT2D eigenvalue weighted by Gasteiger charge is -2.24. The van der Waals surface area contributed by atoms with Crippen LogP contribution < -0.4 is 0 Å². The Balaban J connectivity index is 2.08. The third-order valence-corrected chi connectivity index (χ3v) is 3.32. The van der Waals surface area contributed by atoms with Crippen molar-refractivity contribution < 1.29 is 4.74 Å². The molecule has 1 saturated carbocycles. The van der Waals surface area contributed by atoms with Gasteiger partial charge in [0.2, 0.25) is 0 Å². The van der Waals surface area contributed by atoms with Crippen LogP contribution in [0.4, 0.5) is 0 Å². The molecule has 0 bridgehead atoms. The average molecular weight is 191 g/mol. The molecule has 1 aliphatic carbocycles. The third-order valence-electron chi connectivity index (χ3n) is 2.68. The molecule has 0 aromatic heterocycles. The van der Waals surface area contributed by atoms with Crippen LogP contribution in [0.2, 0.25) is 0 Å². The van der Waals surface area contributed by atoms with Crippen molar-refractivity contribution >= 4 is 11.6 Å². The fourth-order valence-corrected chi connectivity index (χ4v) is 1.26. The van der Waals surface area contributed by atoms with Crippen molar-refractivity contribution in [3.8, 4) is 0 Å². The van der Waals surface area contributed by atoms with Gasteiger partial charge in [0.1, 0.15) is 0 Å². The Morgan fingerprint density at radius 3 is 2.58 bits per heavy atom. The van der Waals surface area contributed by atoms with Gasteiger partial charge in [0.25, 0.3) is 0 Å². The minimum absolute atomic E-state index is 0.191. The number of alkyl halides is 1. The Bertz CT molecular complexity index is 128. The van der Waals surface area contributed by atoms with E-state index in [0.717, 1.165) is 25.6 Å². The van der Waals surface area contributed by atoms with Crippen LogP contribution in [0.3, 0.4) is 0 Å². The molecule has 72 valence electrons. The highest BCUT2D eigenvalue weighted by atomic mass is 35.5. The van der Waals surface area contributed by atoms with Gasteiger partial charge < -0.3 is 4.74 Å². The zero-order chi connectivity index (χ0) is 9.03. The van der Waals surface area contributed by atoms with Crippen LogP contribution in [0.1, 0.15) is 33.1 Å². The molecule has 0 saturated heterocycles. The van der Waals surface area contributed by atoms with E-state index in [2.05, 4.69) is 13.8 Å². The van der Waals surface area contributed by atoms with E-state index in [1.54, 1.807) is 0 Å². The molecular formula is C10H19ClO. The second-order valence-corrected chi connectivity index (χ2v) is 4.52. The molecule has 0 heterocycles. The van der Waals surface area contributed by atoms with E-state index < -0.39 is 0 Å². The van der Waals surface area contributed by atoms with Gasteiger partial charge in [-0.05, 0) is 25.2 Å². The Kier molecular flexibility index (Phi) is 3.85. The largest absolute Gasteiger partial charge is 0.381 e. The minimum atomic E-state index is 0.191. The van der Waals surface area contributed by atoms with Gasteiger partial charge in [-0.15, -0.1) is 11.6 Å². The number of ether oxygens (including phenoxy) is 1. The van der Waals surface area contributed by atoms with Gasteiger partial charge in [-0.3, -0.25) is 0 Å². The van der Waals surface area contributed by atoms with Crippen molar-refractivity contribution in [3.63, 3.8) is 0 Å². The molecule has 12 heavy (non-hydrogen) atoms. The van der Waals surface area contributed by atoms with Crippen LogP contribution in [0.5, 0.6) is 0 Å². The monoisotopic (exact) mass is 190 g/mol. The summed E-state index contributed by atoms with van der Waals surface area (Å²) in [6.07, 6.45) is 3.83. The maximum Gasteiger partial charge on any atom is 0.0531 e. The lowest BCUT2D eigenvalue weighted by molar-refractivity contribution is 0.0557. The first-order valence-electron chi connectivity index (χ1n) is 4.84. The summed E-state index contributed by atoms with van der Waals surface area (Å²) in [6.45, 7) is 6.13. The van der Waals surface area contributed by atoms with Crippen molar-refractivity contribution in [2.45, 2.75) is 33.1 Å². The highest BCUT2D eigenvalue weighted by molar-refractivity contribution is 6.18. The van der Waals surface area contributed by atoms with Crippen LogP contribution in [-0.4, -0.2) is 19.1 Å². The van der Waals surface area contributed by atoms with Crippen LogP contribution >= 0.6 is 11.6 Å². The molecule has 1 nitrogen and oxygen atoms in total. The molecule has 2 heteroatoms. The SMILES string of the molecule is CCC(C)(CCl)COCC1CC1. The van der Waals surface area contributed by atoms with Crippen LogP contribution in [0.25, 0.3) is 0 Å². The van der Waals surface area contributed by atoms with Crippen molar-refractivity contribution in [2.75, 3.05) is 19.1 Å². The van der Waals surface area contributed by atoms with Crippen LogP contribution in [-0.2, 0) is 4.74 Å². The second-order valence-electron chi connectivity index (χ2n) is 4.26. The first kappa shape index (κ1) is 10.3. The van der Waals surface area contributed by atoms with Crippen molar-refractivity contribution in [1.82, 2.24) is 0 Å². The van der Waals surface area contributed by atoms with Gasteiger partial charge in [-0.25, -0.2) is 0 Å². The van der Waals surface area contributed by atoms with Gasteiger partial charge >= 0.3 is 0 Å².